The molecule has 0 radical (unpaired) electrons. The van der Waals surface area contributed by atoms with Gasteiger partial charge in [-0.05, 0) is 44.7 Å². The van der Waals surface area contributed by atoms with Crippen LogP contribution in [0.4, 0.5) is 4.79 Å². The molecule has 1 aliphatic carbocycles. The monoisotopic (exact) mass is 390 g/mol. The fraction of sp³-hybridized carbons (Fsp3) is 0.714. The third-order valence-electron chi connectivity index (χ3n) is 5.86. The van der Waals surface area contributed by atoms with Gasteiger partial charge in [-0.15, -0.1) is 0 Å². The first-order valence-corrected chi connectivity index (χ1v) is 10.5. The van der Waals surface area contributed by atoms with Crippen LogP contribution in [-0.4, -0.2) is 71.9 Å². The van der Waals surface area contributed by atoms with Crippen molar-refractivity contribution in [3.05, 3.63) is 24.2 Å². The van der Waals surface area contributed by atoms with Crippen molar-refractivity contribution in [3.63, 3.8) is 0 Å². The van der Waals surface area contributed by atoms with Crippen LogP contribution in [0.3, 0.4) is 0 Å². The highest BCUT2D eigenvalue weighted by molar-refractivity contribution is 5.82. The Morgan fingerprint density at radius 1 is 1.21 bits per heavy atom. The van der Waals surface area contributed by atoms with Gasteiger partial charge < -0.3 is 19.5 Å². The van der Waals surface area contributed by atoms with E-state index in [0.717, 1.165) is 31.7 Å². The molecule has 1 aliphatic heterocycles. The number of hydrogen-bond donors (Lipinski definition) is 1. The summed E-state index contributed by atoms with van der Waals surface area (Å²) in [6.45, 7) is 7.25. The zero-order chi connectivity index (χ0) is 20.1. The molecule has 1 unspecified atom stereocenters. The molecule has 3 amide bonds. The van der Waals surface area contributed by atoms with E-state index in [9.17, 15) is 9.59 Å². The molecule has 28 heavy (non-hydrogen) atoms. The van der Waals surface area contributed by atoms with Gasteiger partial charge in [0.1, 0.15) is 5.76 Å². The lowest BCUT2D eigenvalue weighted by Crippen LogP contribution is -2.59. The van der Waals surface area contributed by atoms with Gasteiger partial charge in [0, 0.05) is 39.3 Å². The molecule has 1 aromatic heterocycles. The van der Waals surface area contributed by atoms with Crippen LogP contribution in [-0.2, 0) is 11.3 Å². The number of carbonyl (C=O) groups excluding carboxylic acids is 2. The van der Waals surface area contributed by atoms with Gasteiger partial charge in [0.25, 0.3) is 0 Å². The van der Waals surface area contributed by atoms with Crippen molar-refractivity contribution in [2.75, 3.05) is 33.2 Å². The number of hydrogen-bond acceptors (Lipinski definition) is 4. The Kier molecular flexibility index (Phi) is 6.99. The summed E-state index contributed by atoms with van der Waals surface area (Å²) in [6.07, 6.45) is 6.27. The lowest BCUT2D eigenvalue weighted by Gasteiger charge is -2.42. The highest BCUT2D eigenvalue weighted by Gasteiger charge is 2.38. The number of furan rings is 1. The zero-order valence-corrected chi connectivity index (χ0v) is 17.4. The van der Waals surface area contributed by atoms with Gasteiger partial charge >= 0.3 is 6.03 Å². The molecule has 0 bridgehead atoms. The second kappa shape index (κ2) is 9.45. The van der Waals surface area contributed by atoms with E-state index in [-0.39, 0.29) is 24.0 Å². The molecule has 1 atom stereocenters. The van der Waals surface area contributed by atoms with Crippen LogP contribution in [0.15, 0.2) is 22.8 Å². The van der Waals surface area contributed by atoms with Crippen LogP contribution < -0.4 is 5.32 Å². The average Bonchev–Trinajstić information content (AvgIpc) is 3.36. The first kappa shape index (κ1) is 20.7. The van der Waals surface area contributed by atoms with E-state index in [0.29, 0.717) is 25.6 Å². The molecule has 1 N–H and O–H groups in total. The van der Waals surface area contributed by atoms with Gasteiger partial charge in [-0.2, -0.15) is 0 Å². The van der Waals surface area contributed by atoms with Crippen molar-refractivity contribution < 1.29 is 14.0 Å². The number of likely N-dealkylation sites (N-methyl/N-ethyl adjacent to an activating group) is 1. The van der Waals surface area contributed by atoms with Gasteiger partial charge in [0.2, 0.25) is 5.91 Å². The number of amides is 3. The van der Waals surface area contributed by atoms with Crippen LogP contribution >= 0.6 is 0 Å². The van der Waals surface area contributed by atoms with Gasteiger partial charge in [-0.3, -0.25) is 9.69 Å². The largest absolute Gasteiger partial charge is 0.467 e. The summed E-state index contributed by atoms with van der Waals surface area (Å²) in [5, 5.41) is 2.96. The smallest absolute Gasteiger partial charge is 0.317 e. The summed E-state index contributed by atoms with van der Waals surface area (Å²) in [5.41, 5.74) is 0. The van der Waals surface area contributed by atoms with E-state index in [2.05, 4.69) is 10.2 Å². The van der Waals surface area contributed by atoms with E-state index in [4.69, 9.17) is 4.42 Å². The normalized spacial score (nSPS) is 19.8. The molecule has 2 heterocycles. The maximum absolute atomic E-state index is 13.4. The van der Waals surface area contributed by atoms with Crippen molar-refractivity contribution >= 4 is 11.9 Å². The highest BCUT2D eigenvalue weighted by Crippen LogP contribution is 2.32. The maximum atomic E-state index is 13.4. The highest BCUT2D eigenvalue weighted by atomic mass is 16.3. The quantitative estimate of drug-likeness (QED) is 0.810. The van der Waals surface area contributed by atoms with E-state index >= 15 is 0 Å². The molecule has 0 aromatic carbocycles. The predicted octanol–water partition coefficient (Wildman–Crippen LogP) is 2.53. The second-order valence-corrected chi connectivity index (χ2v) is 8.39. The molecular formula is C21H34N4O3. The van der Waals surface area contributed by atoms with Crippen LogP contribution in [0.5, 0.6) is 0 Å². The summed E-state index contributed by atoms with van der Waals surface area (Å²) in [6, 6.07) is 3.78. The van der Waals surface area contributed by atoms with Crippen molar-refractivity contribution in [2.45, 2.75) is 58.2 Å². The van der Waals surface area contributed by atoms with Crippen LogP contribution in [0.2, 0.25) is 0 Å². The van der Waals surface area contributed by atoms with Crippen molar-refractivity contribution in [1.29, 1.82) is 0 Å². The van der Waals surface area contributed by atoms with Gasteiger partial charge in [0.15, 0.2) is 0 Å². The second-order valence-electron chi connectivity index (χ2n) is 8.39. The van der Waals surface area contributed by atoms with Crippen LogP contribution in [0.25, 0.3) is 0 Å². The summed E-state index contributed by atoms with van der Waals surface area (Å²) >= 11 is 0. The Labute approximate surface area is 168 Å². The molecule has 1 saturated carbocycles. The first-order chi connectivity index (χ1) is 13.5. The Balaban J connectivity index is 1.64. The minimum absolute atomic E-state index is 0.00618. The minimum atomic E-state index is -0.0993. The predicted molar refractivity (Wildman–Crippen MR) is 108 cm³/mol. The lowest BCUT2D eigenvalue weighted by molar-refractivity contribution is -0.139. The number of nitrogens with zero attached hydrogens (tertiary/aromatic N) is 3. The zero-order valence-electron chi connectivity index (χ0n) is 17.4. The topological polar surface area (TPSA) is 69.0 Å². The fourth-order valence-electron chi connectivity index (χ4n) is 4.41. The Morgan fingerprint density at radius 2 is 1.89 bits per heavy atom. The molecule has 3 rings (SSSR count). The van der Waals surface area contributed by atoms with Gasteiger partial charge in [0.05, 0.1) is 18.8 Å². The molecule has 1 aromatic rings. The van der Waals surface area contributed by atoms with E-state index in [1.165, 1.54) is 12.8 Å². The molecule has 1 saturated heterocycles. The summed E-state index contributed by atoms with van der Waals surface area (Å²) < 4.78 is 5.42. The summed E-state index contributed by atoms with van der Waals surface area (Å²) in [7, 11) is 1.86. The van der Waals surface area contributed by atoms with E-state index < -0.39 is 0 Å². The summed E-state index contributed by atoms with van der Waals surface area (Å²) in [4.78, 5) is 31.6. The number of urea groups is 1. The molecular weight excluding hydrogens is 356 g/mol. The Hall–Kier alpha value is -2.02. The Bertz CT molecular complexity index is 632. The maximum Gasteiger partial charge on any atom is 0.317 e. The van der Waals surface area contributed by atoms with Crippen molar-refractivity contribution in [3.8, 4) is 0 Å². The van der Waals surface area contributed by atoms with E-state index in [1.54, 1.807) is 11.2 Å². The van der Waals surface area contributed by atoms with Crippen molar-refractivity contribution in [2.24, 2.45) is 5.92 Å². The SMILES string of the molecule is CC(C)NC(=O)N1CCN(C(C(=O)N(C)Cc2ccco2)C2CCCC2)CC1. The molecule has 156 valence electrons. The summed E-state index contributed by atoms with van der Waals surface area (Å²) in [5.74, 6) is 1.38. The molecule has 2 aliphatic rings. The third kappa shape index (κ3) is 5.07. The molecule has 7 heteroatoms. The lowest BCUT2D eigenvalue weighted by atomic mass is 9.94. The average molecular weight is 391 g/mol. The standard InChI is InChI=1S/C21H34N4O3/c1-16(2)22-21(27)25-12-10-24(11-13-25)19(17-7-4-5-8-17)20(26)23(3)15-18-9-6-14-28-18/h6,9,14,16-17,19H,4-5,7-8,10-13,15H2,1-3H3,(H,22,27). The fourth-order valence-corrected chi connectivity index (χ4v) is 4.41. The molecule has 2 fully saturated rings. The third-order valence-corrected chi connectivity index (χ3v) is 5.86. The van der Waals surface area contributed by atoms with Crippen LogP contribution in [0, 0.1) is 5.92 Å². The van der Waals surface area contributed by atoms with Gasteiger partial charge in [-0.25, -0.2) is 4.79 Å². The minimum Gasteiger partial charge on any atom is -0.467 e. The number of rotatable bonds is 6. The molecule has 0 spiro atoms. The first-order valence-electron chi connectivity index (χ1n) is 10.5. The Morgan fingerprint density at radius 3 is 2.46 bits per heavy atom. The number of piperazine rings is 1. The number of carbonyl (C=O) groups is 2. The van der Waals surface area contributed by atoms with Crippen molar-refractivity contribution in [1.82, 2.24) is 20.0 Å². The van der Waals surface area contributed by atoms with Gasteiger partial charge in [-0.1, -0.05) is 12.8 Å². The van der Waals surface area contributed by atoms with E-state index in [1.807, 2.05) is 37.9 Å². The van der Waals surface area contributed by atoms with Crippen LogP contribution in [0.1, 0.15) is 45.3 Å². The number of nitrogens with one attached hydrogen (secondary N) is 1. The molecule has 7 nitrogen and oxygen atoms in total.